The lowest BCUT2D eigenvalue weighted by molar-refractivity contribution is -0.138. The second-order valence-electron chi connectivity index (χ2n) is 4.87. The van der Waals surface area contributed by atoms with Gasteiger partial charge >= 0.3 is 5.97 Å². The summed E-state index contributed by atoms with van der Waals surface area (Å²) in [5, 5.41) is 10.9. The van der Waals surface area contributed by atoms with E-state index in [2.05, 4.69) is 12.6 Å². The fraction of sp³-hybridized carbons (Fsp3) is 0.167. The van der Waals surface area contributed by atoms with E-state index in [4.69, 9.17) is 16.3 Å². The number of rotatable bonds is 5. The second kappa shape index (κ2) is 8.09. The molecule has 0 fully saturated rings. The van der Waals surface area contributed by atoms with Gasteiger partial charge in [0, 0.05) is 16.9 Å². The summed E-state index contributed by atoms with van der Waals surface area (Å²) in [6, 6.07) is 14.3. The van der Waals surface area contributed by atoms with Crippen molar-refractivity contribution >= 4 is 36.0 Å². The number of benzene rings is 2. The van der Waals surface area contributed by atoms with Crippen molar-refractivity contribution < 1.29 is 14.6 Å². The van der Waals surface area contributed by atoms with E-state index >= 15 is 0 Å². The smallest absolute Gasteiger partial charge is 0.338 e. The Labute approximate surface area is 146 Å². The third-order valence-corrected chi connectivity index (χ3v) is 3.84. The maximum Gasteiger partial charge on any atom is 0.338 e. The van der Waals surface area contributed by atoms with Gasteiger partial charge in [0.25, 0.3) is 0 Å². The van der Waals surface area contributed by atoms with Gasteiger partial charge in [-0.25, -0.2) is 4.79 Å². The summed E-state index contributed by atoms with van der Waals surface area (Å²) in [7, 11) is 0. The zero-order chi connectivity index (χ0) is 16.8. The van der Waals surface area contributed by atoms with E-state index in [9.17, 15) is 9.90 Å². The molecule has 0 aromatic heterocycles. The molecule has 23 heavy (non-hydrogen) atoms. The molecule has 0 atom stereocenters. The normalized spacial score (nSPS) is 11.8. The van der Waals surface area contributed by atoms with Gasteiger partial charge in [0.2, 0.25) is 0 Å². The lowest BCUT2D eigenvalue weighted by atomic mass is 10.0. The predicted octanol–water partition coefficient (Wildman–Crippen LogP) is 4.70. The van der Waals surface area contributed by atoms with Crippen molar-refractivity contribution in [1.82, 2.24) is 0 Å². The van der Waals surface area contributed by atoms with Crippen LogP contribution in [0.4, 0.5) is 0 Å². The first-order chi connectivity index (χ1) is 11.0. The van der Waals surface area contributed by atoms with Gasteiger partial charge in [-0.15, -0.1) is 12.6 Å². The summed E-state index contributed by atoms with van der Waals surface area (Å²) in [5.41, 5.74) is 1.41. The van der Waals surface area contributed by atoms with Gasteiger partial charge in [0.1, 0.15) is 5.76 Å². The molecule has 3 nitrogen and oxygen atoms in total. The summed E-state index contributed by atoms with van der Waals surface area (Å²) >= 11 is 10.4. The molecule has 1 N–H and O–H groups in total. The summed E-state index contributed by atoms with van der Waals surface area (Å²) in [6.45, 7) is 1.95. The second-order valence-corrected chi connectivity index (χ2v) is 5.80. The van der Waals surface area contributed by atoms with Crippen molar-refractivity contribution in [2.45, 2.75) is 18.2 Å². The monoisotopic (exact) mass is 348 g/mol. The van der Waals surface area contributed by atoms with Crippen LogP contribution in [0.15, 0.2) is 59.0 Å². The minimum atomic E-state index is -0.561. The topological polar surface area (TPSA) is 46.5 Å². The van der Waals surface area contributed by atoms with E-state index in [0.29, 0.717) is 15.5 Å². The molecule has 120 valence electrons. The molecule has 0 bridgehead atoms. The van der Waals surface area contributed by atoms with Crippen molar-refractivity contribution in [1.29, 1.82) is 0 Å². The number of aliphatic hydroxyl groups is 1. The van der Waals surface area contributed by atoms with Gasteiger partial charge in [0.15, 0.2) is 0 Å². The Balaban J connectivity index is 2.50. The highest BCUT2D eigenvalue weighted by atomic mass is 35.5. The summed E-state index contributed by atoms with van der Waals surface area (Å²) in [5.74, 6) is -0.748. The van der Waals surface area contributed by atoms with Crippen LogP contribution < -0.4 is 0 Å². The molecule has 0 heterocycles. The van der Waals surface area contributed by atoms with E-state index in [1.807, 2.05) is 30.3 Å². The molecule has 0 saturated heterocycles. The number of aliphatic hydroxyl groups excluding tert-OH is 1. The van der Waals surface area contributed by atoms with Gasteiger partial charge < -0.3 is 9.84 Å². The zero-order valence-electron chi connectivity index (χ0n) is 12.6. The molecule has 0 unspecified atom stereocenters. The van der Waals surface area contributed by atoms with Crippen LogP contribution >= 0.6 is 24.2 Å². The van der Waals surface area contributed by atoms with Gasteiger partial charge in [0.05, 0.1) is 17.2 Å². The lowest BCUT2D eigenvalue weighted by Crippen LogP contribution is -2.12. The average Bonchev–Trinajstić information content (AvgIpc) is 2.55. The molecular weight excluding hydrogens is 332 g/mol. The van der Waals surface area contributed by atoms with E-state index in [1.54, 1.807) is 25.1 Å². The Hall–Kier alpha value is -1.91. The number of ether oxygens (including phenoxy) is 1. The highest BCUT2D eigenvalue weighted by molar-refractivity contribution is 7.80. The minimum Gasteiger partial charge on any atom is -0.507 e. The minimum absolute atomic E-state index is 0.166. The lowest BCUT2D eigenvalue weighted by Gasteiger charge is -2.12. The van der Waals surface area contributed by atoms with Gasteiger partial charge in [-0.3, -0.25) is 0 Å². The van der Waals surface area contributed by atoms with E-state index < -0.39 is 5.97 Å². The van der Waals surface area contributed by atoms with Crippen molar-refractivity contribution in [3.05, 3.63) is 70.3 Å². The molecule has 2 aromatic rings. The number of hydrogen-bond donors (Lipinski definition) is 2. The van der Waals surface area contributed by atoms with Gasteiger partial charge in [-0.2, -0.15) is 0 Å². The van der Waals surface area contributed by atoms with Crippen LogP contribution in [-0.2, 0) is 16.0 Å². The fourth-order valence-corrected chi connectivity index (χ4v) is 2.54. The molecule has 0 aliphatic carbocycles. The maximum absolute atomic E-state index is 12.3. The number of thiol groups is 1. The largest absolute Gasteiger partial charge is 0.507 e. The molecule has 0 spiro atoms. The Morgan fingerprint density at radius 2 is 1.91 bits per heavy atom. The third kappa shape index (κ3) is 4.53. The van der Waals surface area contributed by atoms with Crippen molar-refractivity contribution in [3.8, 4) is 0 Å². The molecular formula is C18H17ClO3S. The number of carbonyl (C=O) groups is 1. The molecule has 2 rings (SSSR count). The summed E-state index contributed by atoms with van der Waals surface area (Å²) in [4.78, 5) is 12.9. The molecule has 0 amide bonds. The van der Waals surface area contributed by atoms with Crippen LogP contribution in [0.2, 0.25) is 5.02 Å². The Kier molecular flexibility index (Phi) is 6.13. The fourth-order valence-electron chi connectivity index (χ4n) is 2.13. The van der Waals surface area contributed by atoms with E-state index in [0.717, 1.165) is 5.56 Å². The molecule has 2 aromatic carbocycles. The average molecular weight is 349 g/mol. The molecule has 5 heteroatoms. The SMILES string of the molecule is CCOC(=O)C(Cc1ccccc1)=C(O)c1cc(S)ccc1Cl. The molecule has 0 aliphatic heterocycles. The maximum atomic E-state index is 12.3. The standard InChI is InChI=1S/C18H17ClO3S/c1-2-22-18(21)15(10-12-6-4-3-5-7-12)17(20)14-11-13(23)8-9-16(14)19/h3-9,11,20,23H,2,10H2,1H3. The Morgan fingerprint density at radius 1 is 1.22 bits per heavy atom. The summed E-state index contributed by atoms with van der Waals surface area (Å²) in [6.07, 6.45) is 0.249. The van der Waals surface area contributed by atoms with Crippen molar-refractivity contribution in [2.75, 3.05) is 6.61 Å². The predicted molar refractivity (Wildman–Crippen MR) is 95.0 cm³/mol. The number of halogens is 1. The zero-order valence-corrected chi connectivity index (χ0v) is 14.3. The number of carbonyl (C=O) groups excluding carboxylic acids is 1. The Bertz CT molecular complexity index is 726. The van der Waals surface area contributed by atoms with Crippen molar-refractivity contribution in [3.63, 3.8) is 0 Å². The highest BCUT2D eigenvalue weighted by Gasteiger charge is 2.20. The summed E-state index contributed by atoms with van der Waals surface area (Å²) < 4.78 is 5.07. The first kappa shape index (κ1) is 17.4. The quantitative estimate of drug-likeness (QED) is 0.356. The number of esters is 1. The van der Waals surface area contributed by atoms with Gasteiger partial charge in [-0.1, -0.05) is 41.9 Å². The van der Waals surface area contributed by atoms with Gasteiger partial charge in [-0.05, 0) is 30.7 Å². The van der Waals surface area contributed by atoms with Crippen LogP contribution in [0.25, 0.3) is 5.76 Å². The highest BCUT2D eigenvalue weighted by Crippen LogP contribution is 2.28. The van der Waals surface area contributed by atoms with Crippen LogP contribution in [0, 0.1) is 0 Å². The first-order valence-corrected chi connectivity index (χ1v) is 7.97. The Morgan fingerprint density at radius 3 is 2.57 bits per heavy atom. The van der Waals surface area contributed by atoms with Crippen LogP contribution in [0.5, 0.6) is 0 Å². The third-order valence-electron chi connectivity index (χ3n) is 3.24. The number of hydrogen-bond acceptors (Lipinski definition) is 4. The van der Waals surface area contributed by atoms with E-state index in [-0.39, 0.29) is 24.4 Å². The van der Waals surface area contributed by atoms with Crippen LogP contribution in [-0.4, -0.2) is 17.7 Å². The molecule has 0 radical (unpaired) electrons. The molecule has 0 saturated carbocycles. The van der Waals surface area contributed by atoms with Crippen molar-refractivity contribution in [2.24, 2.45) is 0 Å². The first-order valence-electron chi connectivity index (χ1n) is 7.15. The van der Waals surface area contributed by atoms with Crippen LogP contribution in [0.3, 0.4) is 0 Å². The molecule has 0 aliphatic rings. The van der Waals surface area contributed by atoms with Crippen LogP contribution in [0.1, 0.15) is 18.1 Å². The van der Waals surface area contributed by atoms with E-state index in [1.165, 1.54) is 0 Å².